The second-order valence-corrected chi connectivity index (χ2v) is 8.12. The number of nitrogens with one attached hydrogen (secondary N) is 2. The SMILES string of the molecule is O=C(C[C@H]1Oc2ccccc2NC1=O)NCc1cn(Cc2ccccc2)nc1-c1ccccc1. The Labute approximate surface area is 197 Å². The van der Waals surface area contributed by atoms with Gasteiger partial charge in [-0.25, -0.2) is 0 Å². The lowest BCUT2D eigenvalue weighted by Crippen LogP contribution is -2.40. The average Bonchev–Trinajstić information content (AvgIpc) is 3.27. The molecule has 1 atom stereocenters. The van der Waals surface area contributed by atoms with Gasteiger partial charge >= 0.3 is 0 Å². The van der Waals surface area contributed by atoms with Gasteiger partial charge in [0.2, 0.25) is 5.91 Å². The normalized spacial score (nSPS) is 14.6. The summed E-state index contributed by atoms with van der Waals surface area (Å²) in [5.41, 5.74) is 4.45. The second kappa shape index (κ2) is 9.62. The van der Waals surface area contributed by atoms with Gasteiger partial charge in [-0.15, -0.1) is 0 Å². The highest BCUT2D eigenvalue weighted by Crippen LogP contribution is 2.29. The fraction of sp³-hybridized carbons (Fsp3) is 0.148. The molecule has 3 aromatic carbocycles. The van der Waals surface area contributed by atoms with Gasteiger partial charge in [-0.05, 0) is 17.7 Å². The molecule has 0 fully saturated rings. The van der Waals surface area contributed by atoms with E-state index in [2.05, 4.69) is 22.8 Å². The molecule has 0 bridgehead atoms. The van der Waals surface area contributed by atoms with E-state index in [4.69, 9.17) is 9.84 Å². The minimum Gasteiger partial charge on any atom is -0.478 e. The summed E-state index contributed by atoms with van der Waals surface area (Å²) in [7, 11) is 0. The van der Waals surface area contributed by atoms with Crippen molar-refractivity contribution in [1.82, 2.24) is 15.1 Å². The van der Waals surface area contributed by atoms with Crippen LogP contribution in [0.25, 0.3) is 11.3 Å². The van der Waals surface area contributed by atoms with E-state index in [-0.39, 0.29) is 18.2 Å². The van der Waals surface area contributed by atoms with Crippen molar-refractivity contribution in [3.8, 4) is 17.0 Å². The van der Waals surface area contributed by atoms with Crippen molar-refractivity contribution < 1.29 is 14.3 Å². The number of ether oxygens (including phenoxy) is 1. The third-order valence-electron chi connectivity index (χ3n) is 5.63. The zero-order valence-corrected chi connectivity index (χ0v) is 18.5. The average molecular weight is 453 g/mol. The molecule has 2 amide bonds. The highest BCUT2D eigenvalue weighted by molar-refractivity contribution is 5.99. The predicted molar refractivity (Wildman–Crippen MR) is 129 cm³/mol. The van der Waals surface area contributed by atoms with E-state index in [9.17, 15) is 9.59 Å². The molecule has 1 aromatic heterocycles. The number of fused-ring (bicyclic) bond motifs is 1. The van der Waals surface area contributed by atoms with Crippen molar-refractivity contribution >= 4 is 17.5 Å². The van der Waals surface area contributed by atoms with Crippen molar-refractivity contribution in [2.45, 2.75) is 25.6 Å². The molecule has 1 aliphatic rings. The van der Waals surface area contributed by atoms with Crippen LogP contribution < -0.4 is 15.4 Å². The van der Waals surface area contributed by atoms with Crippen LogP contribution >= 0.6 is 0 Å². The number of hydrogen-bond donors (Lipinski definition) is 2. The lowest BCUT2D eigenvalue weighted by atomic mass is 10.1. The van der Waals surface area contributed by atoms with Crippen molar-refractivity contribution in [1.29, 1.82) is 0 Å². The molecule has 0 spiro atoms. The Balaban J connectivity index is 1.28. The van der Waals surface area contributed by atoms with Crippen LogP contribution in [0.5, 0.6) is 5.75 Å². The third-order valence-corrected chi connectivity index (χ3v) is 5.63. The maximum atomic E-state index is 12.7. The van der Waals surface area contributed by atoms with Crippen LogP contribution in [0, 0.1) is 0 Å². The zero-order chi connectivity index (χ0) is 23.3. The lowest BCUT2D eigenvalue weighted by Gasteiger charge is -2.25. The maximum absolute atomic E-state index is 12.7. The number of rotatable bonds is 7. The topological polar surface area (TPSA) is 85.2 Å². The van der Waals surface area contributed by atoms with Gasteiger partial charge < -0.3 is 15.4 Å². The number of benzene rings is 3. The summed E-state index contributed by atoms with van der Waals surface area (Å²) >= 11 is 0. The molecule has 1 aliphatic heterocycles. The Bertz CT molecular complexity index is 1300. The first-order valence-corrected chi connectivity index (χ1v) is 11.1. The summed E-state index contributed by atoms with van der Waals surface area (Å²) in [4.78, 5) is 25.0. The standard InChI is InChI=1S/C27H24N4O3/c32-25(15-24-27(33)29-22-13-7-8-14-23(22)34-24)28-16-21-18-31(17-19-9-3-1-4-10-19)30-26(21)20-11-5-2-6-12-20/h1-14,18,24H,15-17H2,(H,28,32)(H,29,33)/t24-/m1/s1. The summed E-state index contributed by atoms with van der Waals surface area (Å²) in [6.45, 7) is 0.924. The molecule has 0 saturated carbocycles. The van der Waals surface area contributed by atoms with Crippen molar-refractivity contribution in [2.24, 2.45) is 0 Å². The first-order valence-electron chi connectivity index (χ1n) is 11.1. The quantitative estimate of drug-likeness (QED) is 0.444. The molecule has 0 unspecified atom stereocenters. The molecule has 0 radical (unpaired) electrons. The molecule has 0 saturated heterocycles. The molecule has 170 valence electrons. The van der Waals surface area contributed by atoms with Gasteiger partial charge in [-0.3, -0.25) is 14.3 Å². The minimum absolute atomic E-state index is 0.0704. The largest absolute Gasteiger partial charge is 0.478 e. The molecule has 2 heterocycles. The van der Waals surface area contributed by atoms with E-state index < -0.39 is 6.10 Å². The number of amides is 2. The van der Waals surface area contributed by atoms with Crippen molar-refractivity contribution in [3.05, 3.63) is 102 Å². The Kier molecular flexibility index (Phi) is 6.07. The number of aromatic nitrogens is 2. The monoisotopic (exact) mass is 452 g/mol. The van der Waals surface area contributed by atoms with Gasteiger partial charge in [0.15, 0.2) is 6.10 Å². The summed E-state index contributed by atoms with van der Waals surface area (Å²) in [6.07, 6.45) is 1.01. The summed E-state index contributed by atoms with van der Waals surface area (Å²) in [5.74, 6) is -0.0303. The maximum Gasteiger partial charge on any atom is 0.266 e. The summed E-state index contributed by atoms with van der Waals surface area (Å²) < 4.78 is 7.62. The fourth-order valence-corrected chi connectivity index (χ4v) is 3.94. The van der Waals surface area contributed by atoms with Crippen LogP contribution in [0.15, 0.2) is 91.1 Å². The number of anilines is 1. The van der Waals surface area contributed by atoms with Crippen molar-refractivity contribution in [2.75, 3.05) is 5.32 Å². The Morgan fingerprint density at radius 3 is 2.47 bits per heavy atom. The minimum atomic E-state index is -0.871. The number of carbonyl (C=O) groups is 2. The molecular formula is C27H24N4O3. The van der Waals surface area contributed by atoms with E-state index >= 15 is 0 Å². The van der Waals surface area contributed by atoms with Gasteiger partial charge in [0.05, 0.1) is 24.3 Å². The van der Waals surface area contributed by atoms with E-state index in [1.54, 1.807) is 12.1 Å². The predicted octanol–water partition coefficient (Wildman–Crippen LogP) is 4.00. The Morgan fingerprint density at radius 2 is 1.68 bits per heavy atom. The van der Waals surface area contributed by atoms with Crippen LogP contribution in [-0.4, -0.2) is 27.7 Å². The molecule has 2 N–H and O–H groups in total. The van der Waals surface area contributed by atoms with E-state index in [1.165, 1.54) is 0 Å². The van der Waals surface area contributed by atoms with Gasteiger partial charge in [-0.1, -0.05) is 72.8 Å². The summed E-state index contributed by atoms with van der Waals surface area (Å²) in [6, 6.07) is 27.2. The molecule has 4 aromatic rings. The van der Waals surface area contributed by atoms with Gasteiger partial charge in [0.25, 0.3) is 5.91 Å². The molecule has 34 heavy (non-hydrogen) atoms. The first-order chi connectivity index (χ1) is 16.7. The third kappa shape index (κ3) is 4.83. The fourth-order valence-electron chi connectivity index (χ4n) is 3.94. The number of para-hydroxylation sites is 2. The Hall–Kier alpha value is -4.39. The van der Waals surface area contributed by atoms with Gasteiger partial charge in [-0.2, -0.15) is 5.10 Å². The molecule has 7 nitrogen and oxygen atoms in total. The molecule has 7 heteroatoms. The smallest absolute Gasteiger partial charge is 0.266 e. The highest BCUT2D eigenvalue weighted by Gasteiger charge is 2.29. The lowest BCUT2D eigenvalue weighted by molar-refractivity contribution is -0.130. The number of carbonyl (C=O) groups excluding carboxylic acids is 2. The second-order valence-electron chi connectivity index (χ2n) is 8.12. The van der Waals surface area contributed by atoms with Crippen LogP contribution in [0.2, 0.25) is 0 Å². The highest BCUT2D eigenvalue weighted by atomic mass is 16.5. The number of hydrogen-bond acceptors (Lipinski definition) is 4. The zero-order valence-electron chi connectivity index (χ0n) is 18.5. The van der Waals surface area contributed by atoms with Gasteiger partial charge in [0.1, 0.15) is 5.75 Å². The Morgan fingerprint density at radius 1 is 0.971 bits per heavy atom. The van der Waals surface area contributed by atoms with E-state index in [0.29, 0.717) is 24.5 Å². The summed E-state index contributed by atoms with van der Waals surface area (Å²) in [5, 5.41) is 10.5. The van der Waals surface area contributed by atoms with Crippen LogP contribution in [0.4, 0.5) is 5.69 Å². The van der Waals surface area contributed by atoms with E-state index in [1.807, 2.05) is 71.5 Å². The number of nitrogens with zero attached hydrogens (tertiary/aromatic N) is 2. The van der Waals surface area contributed by atoms with Crippen LogP contribution in [0.1, 0.15) is 17.5 Å². The molecule has 5 rings (SSSR count). The van der Waals surface area contributed by atoms with E-state index in [0.717, 1.165) is 22.4 Å². The van der Waals surface area contributed by atoms with Crippen molar-refractivity contribution in [3.63, 3.8) is 0 Å². The molecule has 0 aliphatic carbocycles. The molecular weight excluding hydrogens is 428 g/mol. The van der Waals surface area contributed by atoms with Crippen LogP contribution in [0.3, 0.4) is 0 Å². The van der Waals surface area contributed by atoms with Gasteiger partial charge in [0, 0.05) is 23.9 Å². The van der Waals surface area contributed by atoms with Crippen LogP contribution in [-0.2, 0) is 22.7 Å². The first kappa shape index (κ1) is 21.5.